The van der Waals surface area contributed by atoms with Crippen LogP contribution in [0.1, 0.15) is 5.56 Å². The fraction of sp³-hybridized carbons (Fsp3) is 0.154. The summed E-state index contributed by atoms with van der Waals surface area (Å²) in [5, 5.41) is 0. The van der Waals surface area contributed by atoms with Crippen molar-refractivity contribution in [3.8, 4) is 11.4 Å². The first kappa shape index (κ1) is 14.6. The molecule has 7 heteroatoms. The number of halogens is 4. The van der Waals surface area contributed by atoms with Crippen molar-refractivity contribution in [3.63, 3.8) is 0 Å². The topological polar surface area (TPSA) is 31.2 Å². The molecule has 0 spiro atoms. The van der Waals surface area contributed by atoms with Gasteiger partial charge in [0, 0.05) is 22.8 Å². The van der Waals surface area contributed by atoms with Gasteiger partial charge in [0.1, 0.15) is 5.75 Å². The molecule has 2 aromatic rings. The maximum absolute atomic E-state index is 12.2. The van der Waals surface area contributed by atoms with Gasteiger partial charge in [-0.1, -0.05) is 6.07 Å². The Hall–Kier alpha value is -1.76. The summed E-state index contributed by atoms with van der Waals surface area (Å²) in [6.07, 6.45) is -3.26. The van der Waals surface area contributed by atoms with Gasteiger partial charge >= 0.3 is 6.36 Å². The summed E-state index contributed by atoms with van der Waals surface area (Å²) >= 11 is 3.27. The number of aryl methyl sites for hydroxylation is 1. The molecule has 0 unspecified atom stereocenters. The van der Waals surface area contributed by atoms with E-state index < -0.39 is 6.36 Å². The van der Waals surface area contributed by atoms with Crippen molar-refractivity contribution in [3.05, 3.63) is 56.9 Å². The van der Waals surface area contributed by atoms with Crippen molar-refractivity contribution in [2.75, 3.05) is 0 Å². The number of hydrogen-bond acceptors (Lipinski definition) is 2. The monoisotopic (exact) mass is 347 g/mol. The zero-order valence-corrected chi connectivity index (χ0v) is 11.8. The minimum atomic E-state index is -4.77. The van der Waals surface area contributed by atoms with Crippen LogP contribution in [-0.2, 0) is 0 Å². The number of pyridine rings is 1. The quantitative estimate of drug-likeness (QED) is 0.827. The van der Waals surface area contributed by atoms with Gasteiger partial charge in [0.05, 0.1) is 5.69 Å². The van der Waals surface area contributed by atoms with E-state index in [0.717, 1.165) is 11.6 Å². The van der Waals surface area contributed by atoms with Crippen LogP contribution >= 0.6 is 15.9 Å². The van der Waals surface area contributed by atoms with E-state index in [1.54, 1.807) is 6.92 Å². The Kier molecular flexibility index (Phi) is 3.89. The summed E-state index contributed by atoms with van der Waals surface area (Å²) in [4.78, 5) is 11.9. The highest BCUT2D eigenvalue weighted by atomic mass is 79.9. The molecule has 0 aliphatic heterocycles. The molecule has 0 atom stereocenters. The van der Waals surface area contributed by atoms with Gasteiger partial charge in [-0.05, 0) is 40.5 Å². The van der Waals surface area contributed by atoms with Crippen molar-refractivity contribution in [2.24, 2.45) is 0 Å². The van der Waals surface area contributed by atoms with Crippen LogP contribution in [0.25, 0.3) is 5.69 Å². The highest BCUT2D eigenvalue weighted by Crippen LogP contribution is 2.24. The molecule has 0 amide bonds. The van der Waals surface area contributed by atoms with Crippen LogP contribution < -0.4 is 10.3 Å². The Morgan fingerprint density at radius 2 is 1.95 bits per heavy atom. The zero-order chi connectivity index (χ0) is 14.9. The lowest BCUT2D eigenvalue weighted by atomic mass is 10.2. The average Bonchev–Trinajstić information content (AvgIpc) is 2.32. The van der Waals surface area contributed by atoms with E-state index >= 15 is 0 Å². The third-order valence-corrected chi connectivity index (χ3v) is 3.36. The lowest BCUT2D eigenvalue weighted by Crippen LogP contribution is -2.19. The summed E-state index contributed by atoms with van der Waals surface area (Å²) in [5.41, 5.74) is 0.696. The smallest absolute Gasteiger partial charge is 0.406 e. The number of benzene rings is 1. The maximum Gasteiger partial charge on any atom is 0.573 e. The first-order valence-electron chi connectivity index (χ1n) is 5.51. The maximum atomic E-state index is 12.2. The van der Waals surface area contributed by atoms with Crippen LogP contribution in [0.3, 0.4) is 0 Å². The molecule has 1 aromatic carbocycles. The molecule has 20 heavy (non-hydrogen) atoms. The van der Waals surface area contributed by atoms with E-state index in [-0.39, 0.29) is 17.0 Å². The van der Waals surface area contributed by atoms with Gasteiger partial charge in [-0.2, -0.15) is 0 Å². The van der Waals surface area contributed by atoms with Crippen LogP contribution in [0.2, 0.25) is 0 Å². The molecule has 3 nitrogen and oxygen atoms in total. The first-order valence-corrected chi connectivity index (χ1v) is 6.30. The summed E-state index contributed by atoms with van der Waals surface area (Å²) in [7, 11) is 0. The zero-order valence-electron chi connectivity index (χ0n) is 10.2. The molecule has 0 aliphatic rings. The fourth-order valence-corrected chi connectivity index (χ4v) is 1.95. The number of aromatic nitrogens is 1. The minimum Gasteiger partial charge on any atom is -0.406 e. The van der Waals surface area contributed by atoms with E-state index in [4.69, 9.17) is 0 Å². The van der Waals surface area contributed by atoms with Crippen LogP contribution in [-0.4, -0.2) is 10.9 Å². The number of nitrogens with zero attached hydrogens (tertiary/aromatic N) is 1. The van der Waals surface area contributed by atoms with Crippen molar-refractivity contribution in [1.29, 1.82) is 0 Å². The molecule has 2 rings (SSSR count). The Bertz CT molecular complexity index is 695. The van der Waals surface area contributed by atoms with Crippen molar-refractivity contribution < 1.29 is 17.9 Å². The average molecular weight is 348 g/mol. The summed E-state index contributed by atoms with van der Waals surface area (Å²) in [6, 6.07) is 6.62. The third-order valence-electron chi connectivity index (χ3n) is 2.53. The SMILES string of the molecule is Cc1cc(=O)n(-c2cccc(OC(F)(F)F)c2)cc1Br. The summed E-state index contributed by atoms with van der Waals surface area (Å²) in [6.45, 7) is 1.75. The molecule has 0 aliphatic carbocycles. The van der Waals surface area contributed by atoms with Gasteiger partial charge in [-0.3, -0.25) is 9.36 Å². The normalized spacial score (nSPS) is 11.4. The predicted molar refractivity (Wildman–Crippen MR) is 71.2 cm³/mol. The molecule has 0 saturated heterocycles. The lowest BCUT2D eigenvalue weighted by Gasteiger charge is -2.11. The van der Waals surface area contributed by atoms with Crippen molar-refractivity contribution >= 4 is 15.9 Å². The van der Waals surface area contributed by atoms with E-state index in [9.17, 15) is 18.0 Å². The highest BCUT2D eigenvalue weighted by molar-refractivity contribution is 9.10. The number of ether oxygens (including phenoxy) is 1. The molecule has 0 N–H and O–H groups in total. The first-order chi connectivity index (χ1) is 9.26. The lowest BCUT2D eigenvalue weighted by molar-refractivity contribution is -0.274. The molecule has 0 radical (unpaired) electrons. The van der Waals surface area contributed by atoms with E-state index in [1.165, 1.54) is 35.0 Å². The Morgan fingerprint density at radius 3 is 2.60 bits per heavy atom. The molecule has 0 saturated carbocycles. The van der Waals surface area contributed by atoms with Gasteiger partial charge in [0.15, 0.2) is 0 Å². The standard InChI is InChI=1S/C13H9BrF3NO2/c1-8-5-12(19)18(7-11(8)14)9-3-2-4-10(6-9)20-13(15,16)17/h2-7H,1H3. The van der Waals surface area contributed by atoms with Crippen LogP contribution in [0.4, 0.5) is 13.2 Å². The van der Waals surface area contributed by atoms with Crippen LogP contribution in [0.5, 0.6) is 5.75 Å². The second-order valence-corrected chi connectivity index (χ2v) is 4.91. The van der Waals surface area contributed by atoms with Gasteiger partial charge in [-0.25, -0.2) is 0 Å². The van der Waals surface area contributed by atoms with Gasteiger partial charge in [0.2, 0.25) is 0 Å². The Balaban J connectivity index is 2.46. The number of hydrogen-bond donors (Lipinski definition) is 0. The predicted octanol–water partition coefficient (Wildman–Crippen LogP) is 3.81. The molecular formula is C13H9BrF3NO2. The van der Waals surface area contributed by atoms with Crippen LogP contribution in [0.15, 0.2) is 45.8 Å². The molecule has 1 aromatic heterocycles. The van der Waals surface area contributed by atoms with Gasteiger partial charge in [0.25, 0.3) is 5.56 Å². The van der Waals surface area contributed by atoms with Crippen LogP contribution in [0, 0.1) is 6.92 Å². The number of alkyl halides is 3. The molecule has 0 bridgehead atoms. The fourth-order valence-electron chi connectivity index (χ4n) is 1.63. The molecule has 106 valence electrons. The van der Waals surface area contributed by atoms with Crippen molar-refractivity contribution in [2.45, 2.75) is 13.3 Å². The van der Waals surface area contributed by atoms with E-state index in [1.807, 2.05) is 0 Å². The third kappa shape index (κ3) is 3.41. The second kappa shape index (κ2) is 5.32. The van der Waals surface area contributed by atoms with Gasteiger partial charge < -0.3 is 4.74 Å². The molecular weight excluding hydrogens is 339 g/mol. The Morgan fingerprint density at radius 1 is 1.25 bits per heavy atom. The van der Waals surface area contributed by atoms with Gasteiger partial charge in [-0.15, -0.1) is 13.2 Å². The molecule has 0 fully saturated rings. The number of rotatable bonds is 2. The van der Waals surface area contributed by atoms with Crippen molar-refractivity contribution in [1.82, 2.24) is 4.57 Å². The highest BCUT2D eigenvalue weighted by Gasteiger charge is 2.31. The van der Waals surface area contributed by atoms with E-state index in [0.29, 0.717) is 4.47 Å². The summed E-state index contributed by atoms with van der Waals surface area (Å²) < 4.78 is 42.3. The van der Waals surface area contributed by atoms with E-state index in [2.05, 4.69) is 20.7 Å². The Labute approximate surface area is 120 Å². The summed E-state index contributed by atoms with van der Waals surface area (Å²) in [5.74, 6) is -0.376. The second-order valence-electron chi connectivity index (χ2n) is 4.06. The largest absolute Gasteiger partial charge is 0.573 e. The molecule has 1 heterocycles. The minimum absolute atomic E-state index is 0.289.